The van der Waals surface area contributed by atoms with Gasteiger partial charge in [-0.1, -0.05) is 25.1 Å². The molecule has 1 aromatic rings. The Balaban J connectivity index is 1.86. The third kappa shape index (κ3) is 4.79. The van der Waals surface area contributed by atoms with Crippen molar-refractivity contribution in [1.29, 1.82) is 0 Å². The molecule has 0 radical (unpaired) electrons. The second-order valence-electron chi connectivity index (χ2n) is 5.76. The molecule has 0 amide bonds. The molecular formula is C16H23FN2O2. The van der Waals surface area contributed by atoms with Crippen LogP contribution in [0.15, 0.2) is 24.3 Å². The fraction of sp³-hybridized carbons (Fsp3) is 0.562. The van der Waals surface area contributed by atoms with Crippen molar-refractivity contribution < 1.29 is 14.3 Å². The molecule has 0 aromatic heterocycles. The first kappa shape index (κ1) is 15.9. The number of carboxylic acid groups (broad SMARTS) is 1. The van der Waals surface area contributed by atoms with Gasteiger partial charge in [-0.2, -0.15) is 0 Å². The van der Waals surface area contributed by atoms with Crippen LogP contribution in [0.4, 0.5) is 4.39 Å². The summed E-state index contributed by atoms with van der Waals surface area (Å²) in [6, 6.07) is 6.88. The highest BCUT2D eigenvalue weighted by molar-refractivity contribution is 5.69. The highest BCUT2D eigenvalue weighted by atomic mass is 19.1. The van der Waals surface area contributed by atoms with Crippen molar-refractivity contribution in [2.75, 3.05) is 32.7 Å². The fourth-order valence-electron chi connectivity index (χ4n) is 2.70. The molecule has 0 bridgehead atoms. The molecule has 0 aliphatic carbocycles. The Morgan fingerprint density at radius 1 is 1.24 bits per heavy atom. The Morgan fingerprint density at radius 3 is 2.62 bits per heavy atom. The highest BCUT2D eigenvalue weighted by Gasteiger charge is 2.20. The lowest BCUT2D eigenvalue weighted by Crippen LogP contribution is -2.35. The van der Waals surface area contributed by atoms with Gasteiger partial charge in [-0.25, -0.2) is 4.39 Å². The van der Waals surface area contributed by atoms with Gasteiger partial charge in [0.2, 0.25) is 0 Å². The van der Waals surface area contributed by atoms with Crippen LogP contribution in [-0.4, -0.2) is 53.6 Å². The minimum Gasteiger partial charge on any atom is -0.481 e. The lowest BCUT2D eigenvalue weighted by atomic mass is 10.1. The van der Waals surface area contributed by atoms with E-state index in [0.717, 1.165) is 38.2 Å². The van der Waals surface area contributed by atoms with Crippen LogP contribution in [0.1, 0.15) is 18.9 Å². The molecule has 1 atom stereocenters. The van der Waals surface area contributed by atoms with Crippen molar-refractivity contribution in [3.05, 3.63) is 35.6 Å². The molecule has 1 N–H and O–H groups in total. The Kier molecular flexibility index (Phi) is 5.70. The predicted octanol–water partition coefficient (Wildman–Crippen LogP) is 2.05. The molecule has 5 heteroatoms. The quantitative estimate of drug-likeness (QED) is 0.903. The SMILES string of the molecule is CC(CN1CCCN(Cc2ccccc2F)CC1)C(=O)O. The molecule has 1 aliphatic rings. The van der Waals surface area contributed by atoms with E-state index in [9.17, 15) is 9.18 Å². The normalized spacial score (nSPS) is 19.1. The Bertz CT molecular complexity index is 481. The summed E-state index contributed by atoms with van der Waals surface area (Å²) in [5, 5.41) is 8.98. The van der Waals surface area contributed by atoms with Crippen LogP contribution >= 0.6 is 0 Å². The van der Waals surface area contributed by atoms with E-state index in [4.69, 9.17) is 5.11 Å². The van der Waals surface area contributed by atoms with Gasteiger partial charge in [0.1, 0.15) is 5.82 Å². The topological polar surface area (TPSA) is 43.8 Å². The molecule has 4 nitrogen and oxygen atoms in total. The van der Waals surface area contributed by atoms with E-state index in [1.807, 2.05) is 12.1 Å². The van der Waals surface area contributed by atoms with Gasteiger partial charge in [0.25, 0.3) is 0 Å². The smallest absolute Gasteiger partial charge is 0.307 e. The summed E-state index contributed by atoms with van der Waals surface area (Å²) >= 11 is 0. The fourth-order valence-corrected chi connectivity index (χ4v) is 2.70. The molecule has 1 aliphatic heterocycles. The maximum atomic E-state index is 13.7. The van der Waals surface area contributed by atoms with Crippen LogP contribution in [0.5, 0.6) is 0 Å². The number of carbonyl (C=O) groups is 1. The number of aliphatic carboxylic acids is 1. The number of nitrogens with zero attached hydrogens (tertiary/aromatic N) is 2. The summed E-state index contributed by atoms with van der Waals surface area (Å²) in [5.41, 5.74) is 0.727. The molecule has 1 aromatic carbocycles. The molecule has 1 fully saturated rings. The van der Waals surface area contributed by atoms with Crippen LogP contribution < -0.4 is 0 Å². The first-order valence-corrected chi connectivity index (χ1v) is 7.47. The van der Waals surface area contributed by atoms with E-state index < -0.39 is 5.97 Å². The largest absolute Gasteiger partial charge is 0.481 e. The van der Waals surface area contributed by atoms with Gasteiger partial charge >= 0.3 is 5.97 Å². The summed E-state index contributed by atoms with van der Waals surface area (Å²) < 4.78 is 13.7. The van der Waals surface area contributed by atoms with Gasteiger partial charge in [-0.15, -0.1) is 0 Å². The van der Waals surface area contributed by atoms with Crippen molar-refractivity contribution in [2.24, 2.45) is 5.92 Å². The van der Waals surface area contributed by atoms with Gasteiger partial charge < -0.3 is 10.0 Å². The third-order valence-corrected chi connectivity index (χ3v) is 3.99. The van der Waals surface area contributed by atoms with Crippen LogP contribution in [0, 0.1) is 11.7 Å². The molecule has 1 unspecified atom stereocenters. The second-order valence-corrected chi connectivity index (χ2v) is 5.76. The van der Waals surface area contributed by atoms with Gasteiger partial charge in [-0.3, -0.25) is 9.69 Å². The molecule has 2 rings (SSSR count). The number of hydrogen-bond donors (Lipinski definition) is 1. The minimum absolute atomic E-state index is 0.155. The number of benzene rings is 1. The number of halogens is 1. The Labute approximate surface area is 125 Å². The Hall–Kier alpha value is -1.46. The van der Waals surface area contributed by atoms with Crippen molar-refractivity contribution >= 4 is 5.97 Å². The molecule has 1 saturated heterocycles. The predicted molar refractivity (Wildman–Crippen MR) is 79.5 cm³/mol. The maximum Gasteiger partial charge on any atom is 0.307 e. The molecule has 21 heavy (non-hydrogen) atoms. The standard InChI is InChI=1S/C16H23FN2O2/c1-13(16(20)21)11-18-7-4-8-19(10-9-18)12-14-5-2-3-6-15(14)17/h2-3,5-6,13H,4,7-12H2,1H3,(H,20,21). The Morgan fingerprint density at radius 2 is 1.90 bits per heavy atom. The third-order valence-electron chi connectivity index (χ3n) is 3.99. The van der Waals surface area contributed by atoms with E-state index in [1.165, 1.54) is 6.07 Å². The zero-order chi connectivity index (χ0) is 15.2. The van der Waals surface area contributed by atoms with Gasteiger partial charge in [0.05, 0.1) is 5.92 Å². The van der Waals surface area contributed by atoms with E-state index >= 15 is 0 Å². The number of hydrogen-bond acceptors (Lipinski definition) is 3. The summed E-state index contributed by atoms with van der Waals surface area (Å²) in [7, 11) is 0. The average Bonchev–Trinajstić information content (AvgIpc) is 2.67. The first-order valence-electron chi connectivity index (χ1n) is 7.47. The summed E-state index contributed by atoms with van der Waals surface area (Å²) in [5.74, 6) is -1.25. The lowest BCUT2D eigenvalue weighted by molar-refractivity contribution is -0.141. The van der Waals surface area contributed by atoms with Crippen LogP contribution in [0.3, 0.4) is 0 Å². The van der Waals surface area contributed by atoms with Crippen molar-refractivity contribution in [3.8, 4) is 0 Å². The maximum absolute atomic E-state index is 13.7. The lowest BCUT2D eigenvalue weighted by Gasteiger charge is -2.23. The zero-order valence-corrected chi connectivity index (χ0v) is 12.5. The molecular weight excluding hydrogens is 271 g/mol. The monoisotopic (exact) mass is 294 g/mol. The molecule has 0 spiro atoms. The average molecular weight is 294 g/mol. The molecule has 1 heterocycles. The van der Waals surface area contributed by atoms with E-state index in [0.29, 0.717) is 13.1 Å². The number of rotatable bonds is 5. The number of carboxylic acids is 1. The van der Waals surface area contributed by atoms with Crippen LogP contribution in [-0.2, 0) is 11.3 Å². The van der Waals surface area contributed by atoms with Crippen molar-refractivity contribution in [3.63, 3.8) is 0 Å². The summed E-state index contributed by atoms with van der Waals surface area (Å²) in [6.07, 6.45) is 0.987. The first-order chi connectivity index (χ1) is 10.1. The highest BCUT2D eigenvalue weighted by Crippen LogP contribution is 2.13. The zero-order valence-electron chi connectivity index (χ0n) is 12.5. The molecule has 116 valence electrons. The summed E-state index contributed by atoms with van der Waals surface area (Å²) in [6.45, 7) is 6.46. The van der Waals surface area contributed by atoms with Crippen molar-refractivity contribution in [2.45, 2.75) is 19.9 Å². The van der Waals surface area contributed by atoms with Gasteiger partial charge in [0.15, 0.2) is 0 Å². The van der Waals surface area contributed by atoms with Crippen LogP contribution in [0.25, 0.3) is 0 Å². The van der Waals surface area contributed by atoms with E-state index in [1.54, 1.807) is 13.0 Å². The minimum atomic E-state index is -0.748. The van der Waals surface area contributed by atoms with Gasteiger partial charge in [-0.05, 0) is 25.6 Å². The van der Waals surface area contributed by atoms with Crippen LogP contribution in [0.2, 0.25) is 0 Å². The molecule has 0 saturated carbocycles. The van der Waals surface area contributed by atoms with E-state index in [-0.39, 0.29) is 11.7 Å². The van der Waals surface area contributed by atoms with E-state index in [2.05, 4.69) is 9.80 Å². The summed E-state index contributed by atoms with van der Waals surface area (Å²) in [4.78, 5) is 15.4. The van der Waals surface area contributed by atoms with Gasteiger partial charge in [0, 0.05) is 31.7 Å². The second kappa shape index (κ2) is 7.52. The van der Waals surface area contributed by atoms with Crippen molar-refractivity contribution in [1.82, 2.24) is 9.80 Å².